The number of carbonyl (C=O) groups excluding carboxylic acids is 1. The van der Waals surface area contributed by atoms with Crippen LogP contribution >= 0.6 is 0 Å². The molecule has 1 atom stereocenters. The molecule has 1 aromatic rings. The highest BCUT2D eigenvalue weighted by molar-refractivity contribution is 5.79. The third kappa shape index (κ3) is 1.21. The van der Waals surface area contributed by atoms with Crippen LogP contribution in [0.15, 0.2) is 30.3 Å². The lowest BCUT2D eigenvalue weighted by Gasteiger charge is -2.31. The smallest absolute Gasteiger partial charge is 0.237 e. The molecule has 1 saturated heterocycles. The molecule has 74 valence electrons. The fraction of sp³-hybridized carbons (Fsp3) is 0.364. The highest BCUT2D eigenvalue weighted by atomic mass is 16.2. The van der Waals surface area contributed by atoms with Crippen LogP contribution in [-0.4, -0.2) is 10.9 Å². The molecule has 14 heavy (non-hydrogen) atoms. The molecule has 1 heterocycles. The summed E-state index contributed by atoms with van der Waals surface area (Å²) in [4.78, 5) is 11.4. The first-order valence-corrected chi connectivity index (χ1v) is 4.78. The lowest BCUT2D eigenvalue weighted by atomic mass is 9.90. The number of nitrogens with zero attached hydrogens (tertiary/aromatic N) is 1. The number of carbonyl (C=O) groups is 1. The zero-order valence-corrected chi connectivity index (χ0v) is 8.23. The van der Waals surface area contributed by atoms with Gasteiger partial charge in [0.25, 0.3) is 0 Å². The topological polar surface area (TPSA) is 46.3 Å². The van der Waals surface area contributed by atoms with E-state index in [1.54, 1.807) is 0 Å². The third-order valence-corrected chi connectivity index (χ3v) is 3.02. The summed E-state index contributed by atoms with van der Waals surface area (Å²) in [6.07, 6.45) is 1.34. The number of hydrogen-bond acceptors (Lipinski definition) is 2. The fourth-order valence-electron chi connectivity index (χ4n) is 1.95. The van der Waals surface area contributed by atoms with Gasteiger partial charge in [0.2, 0.25) is 5.91 Å². The van der Waals surface area contributed by atoms with Crippen molar-refractivity contribution < 1.29 is 4.79 Å². The lowest BCUT2D eigenvalue weighted by Crippen LogP contribution is -2.45. The Hall–Kier alpha value is -1.35. The second kappa shape index (κ2) is 3.10. The van der Waals surface area contributed by atoms with Gasteiger partial charge in [0.15, 0.2) is 0 Å². The Balaban J connectivity index is 2.39. The lowest BCUT2D eigenvalue weighted by molar-refractivity contribution is -0.131. The van der Waals surface area contributed by atoms with Crippen LogP contribution < -0.4 is 5.84 Å². The van der Waals surface area contributed by atoms with E-state index < -0.39 is 0 Å². The normalized spacial score (nSPS) is 27.0. The van der Waals surface area contributed by atoms with Gasteiger partial charge >= 0.3 is 0 Å². The Morgan fingerprint density at radius 1 is 1.36 bits per heavy atom. The molecule has 0 aromatic heterocycles. The van der Waals surface area contributed by atoms with Gasteiger partial charge in [-0.1, -0.05) is 30.3 Å². The number of hydrazine groups is 1. The first-order valence-electron chi connectivity index (χ1n) is 4.78. The van der Waals surface area contributed by atoms with Gasteiger partial charge in [0.05, 0.1) is 5.54 Å². The summed E-state index contributed by atoms with van der Waals surface area (Å²) in [7, 11) is 0. The molecule has 2 N–H and O–H groups in total. The summed E-state index contributed by atoms with van der Waals surface area (Å²) < 4.78 is 0. The minimum Gasteiger partial charge on any atom is -0.273 e. The van der Waals surface area contributed by atoms with Crippen molar-refractivity contribution in [1.82, 2.24) is 5.01 Å². The molecule has 0 spiro atoms. The maximum absolute atomic E-state index is 11.4. The molecule has 1 fully saturated rings. The number of rotatable bonds is 1. The van der Waals surface area contributed by atoms with E-state index in [0.29, 0.717) is 6.42 Å². The van der Waals surface area contributed by atoms with Crippen LogP contribution in [0.3, 0.4) is 0 Å². The predicted molar refractivity (Wildman–Crippen MR) is 54.1 cm³/mol. The van der Waals surface area contributed by atoms with E-state index in [-0.39, 0.29) is 11.4 Å². The van der Waals surface area contributed by atoms with E-state index in [0.717, 1.165) is 12.0 Å². The van der Waals surface area contributed by atoms with Crippen LogP contribution in [0.5, 0.6) is 0 Å². The minimum atomic E-state index is -0.321. The van der Waals surface area contributed by atoms with Gasteiger partial charge in [-0.25, -0.2) is 5.84 Å². The number of amides is 1. The van der Waals surface area contributed by atoms with Gasteiger partial charge in [0, 0.05) is 6.42 Å². The summed E-state index contributed by atoms with van der Waals surface area (Å²) in [6, 6.07) is 9.93. The van der Waals surface area contributed by atoms with E-state index in [9.17, 15) is 4.79 Å². The Morgan fingerprint density at radius 3 is 2.50 bits per heavy atom. The van der Waals surface area contributed by atoms with Gasteiger partial charge in [-0.05, 0) is 18.9 Å². The van der Waals surface area contributed by atoms with E-state index in [1.807, 2.05) is 37.3 Å². The number of benzene rings is 1. The van der Waals surface area contributed by atoms with Crippen molar-refractivity contribution in [2.24, 2.45) is 5.84 Å². The molecule has 0 bridgehead atoms. The van der Waals surface area contributed by atoms with Crippen LogP contribution in [0.4, 0.5) is 0 Å². The molecule has 1 unspecified atom stereocenters. The van der Waals surface area contributed by atoms with E-state index in [1.165, 1.54) is 5.01 Å². The van der Waals surface area contributed by atoms with Crippen molar-refractivity contribution in [3.63, 3.8) is 0 Å². The van der Waals surface area contributed by atoms with Crippen molar-refractivity contribution in [3.05, 3.63) is 35.9 Å². The summed E-state index contributed by atoms with van der Waals surface area (Å²) in [5, 5.41) is 1.36. The molecule has 1 aliphatic rings. The molecular weight excluding hydrogens is 176 g/mol. The van der Waals surface area contributed by atoms with Crippen molar-refractivity contribution >= 4 is 5.91 Å². The maximum atomic E-state index is 11.4. The van der Waals surface area contributed by atoms with Crippen LogP contribution in [0.1, 0.15) is 25.3 Å². The van der Waals surface area contributed by atoms with Crippen molar-refractivity contribution in [3.8, 4) is 0 Å². The largest absolute Gasteiger partial charge is 0.273 e. The molecular formula is C11H14N2O. The zero-order chi connectivity index (χ0) is 10.2. The van der Waals surface area contributed by atoms with Crippen LogP contribution in [0, 0.1) is 0 Å². The fourth-order valence-corrected chi connectivity index (χ4v) is 1.95. The average molecular weight is 190 g/mol. The number of hydrogen-bond donors (Lipinski definition) is 1. The highest BCUT2D eigenvalue weighted by Crippen LogP contribution is 2.36. The van der Waals surface area contributed by atoms with E-state index in [4.69, 9.17) is 5.84 Å². The molecule has 2 rings (SSSR count). The van der Waals surface area contributed by atoms with Crippen molar-refractivity contribution in [2.45, 2.75) is 25.3 Å². The summed E-state index contributed by atoms with van der Waals surface area (Å²) in [6.45, 7) is 2.01. The second-order valence-corrected chi connectivity index (χ2v) is 3.90. The predicted octanol–water partition coefficient (Wildman–Crippen LogP) is 1.40. The summed E-state index contributed by atoms with van der Waals surface area (Å²) in [5.41, 5.74) is 0.784. The van der Waals surface area contributed by atoms with Gasteiger partial charge in [-0.3, -0.25) is 9.80 Å². The molecule has 0 aliphatic carbocycles. The number of nitrogens with two attached hydrogens (primary N) is 1. The molecule has 1 aliphatic heterocycles. The molecule has 3 heteroatoms. The van der Waals surface area contributed by atoms with Crippen molar-refractivity contribution in [2.75, 3.05) is 0 Å². The summed E-state index contributed by atoms with van der Waals surface area (Å²) in [5.74, 6) is 5.80. The molecule has 0 radical (unpaired) electrons. The molecule has 1 amide bonds. The van der Waals surface area contributed by atoms with Crippen LogP contribution in [0.25, 0.3) is 0 Å². The average Bonchev–Trinajstić information content (AvgIpc) is 2.49. The van der Waals surface area contributed by atoms with E-state index in [2.05, 4.69) is 0 Å². The Bertz CT molecular complexity index is 350. The van der Waals surface area contributed by atoms with Gasteiger partial charge in [0.1, 0.15) is 0 Å². The van der Waals surface area contributed by atoms with Gasteiger partial charge in [-0.2, -0.15) is 0 Å². The standard InChI is InChI=1S/C11H14N2O/c1-11(8-7-10(14)13(11)12)9-5-3-2-4-6-9/h2-6H,7-8,12H2,1H3. The van der Waals surface area contributed by atoms with Gasteiger partial charge < -0.3 is 0 Å². The first kappa shape index (κ1) is 9.21. The quantitative estimate of drug-likeness (QED) is 0.537. The molecule has 3 nitrogen and oxygen atoms in total. The van der Waals surface area contributed by atoms with Gasteiger partial charge in [-0.15, -0.1) is 0 Å². The van der Waals surface area contributed by atoms with E-state index >= 15 is 0 Å². The van der Waals surface area contributed by atoms with Crippen LogP contribution in [-0.2, 0) is 10.3 Å². The monoisotopic (exact) mass is 190 g/mol. The Kier molecular flexibility index (Phi) is 2.04. The summed E-state index contributed by atoms with van der Waals surface area (Å²) >= 11 is 0. The Labute approximate surface area is 83.5 Å². The second-order valence-electron chi connectivity index (χ2n) is 3.90. The van der Waals surface area contributed by atoms with Crippen LogP contribution in [0.2, 0.25) is 0 Å². The minimum absolute atomic E-state index is 0.0244. The third-order valence-electron chi connectivity index (χ3n) is 3.02. The zero-order valence-electron chi connectivity index (χ0n) is 8.23. The maximum Gasteiger partial charge on any atom is 0.237 e. The molecule has 0 saturated carbocycles. The first-order chi connectivity index (χ1) is 6.64. The van der Waals surface area contributed by atoms with Crippen molar-refractivity contribution in [1.29, 1.82) is 0 Å². The Morgan fingerprint density at radius 2 is 2.00 bits per heavy atom. The molecule has 1 aromatic carbocycles. The SMILES string of the molecule is CC1(c2ccccc2)CCC(=O)N1N. The highest BCUT2D eigenvalue weighted by Gasteiger charge is 2.41.